The molecule has 12 nitrogen and oxygen atoms in total. The summed E-state index contributed by atoms with van der Waals surface area (Å²) < 4.78 is 11.6. The van der Waals surface area contributed by atoms with Crippen LogP contribution in [-0.4, -0.2) is 57.1 Å². The van der Waals surface area contributed by atoms with Gasteiger partial charge in [-0.2, -0.15) is 9.78 Å². The fourth-order valence-corrected chi connectivity index (χ4v) is 4.18. The van der Waals surface area contributed by atoms with Crippen molar-refractivity contribution in [2.45, 2.75) is 51.6 Å². The first-order valence-electron chi connectivity index (χ1n) is 11.5. The number of hydrogen-bond acceptors (Lipinski definition) is 9. The van der Waals surface area contributed by atoms with Gasteiger partial charge in [-0.25, -0.2) is 10.1 Å². The van der Waals surface area contributed by atoms with Crippen LogP contribution in [0.15, 0.2) is 34.0 Å². The number of ether oxygens (including phenoxy) is 1. The summed E-state index contributed by atoms with van der Waals surface area (Å²) in [5.41, 5.74) is 9.95. The van der Waals surface area contributed by atoms with Crippen LogP contribution in [0.5, 0.6) is 5.75 Å². The Hall–Kier alpha value is -3.80. The van der Waals surface area contributed by atoms with E-state index in [0.29, 0.717) is 24.9 Å². The number of carbonyl (C=O) groups excluding carboxylic acids is 1. The maximum atomic E-state index is 13.0. The van der Waals surface area contributed by atoms with E-state index < -0.39 is 5.91 Å². The molecule has 180 valence electrons. The number of nitrogens with two attached hydrogens (primary N) is 1. The number of hydrogen-bond donors (Lipinski definition) is 3. The minimum absolute atomic E-state index is 0.0712. The number of rotatable bonds is 9. The van der Waals surface area contributed by atoms with E-state index >= 15 is 0 Å². The largest absolute Gasteiger partial charge is 0.494 e. The van der Waals surface area contributed by atoms with Gasteiger partial charge >= 0.3 is 0 Å². The summed E-state index contributed by atoms with van der Waals surface area (Å²) in [4.78, 5) is 14.2. The lowest BCUT2D eigenvalue weighted by atomic mass is 9.94. The molecule has 2 aromatic heterocycles. The SMILES string of the molecule is CCOc1ccc(/C=N\NC(=O)c2nnn(-c3nonc3N)c2C[NH+](C)C2CCCCC2)cc1. The van der Waals surface area contributed by atoms with Crippen molar-refractivity contribution in [1.29, 1.82) is 0 Å². The number of benzene rings is 1. The first kappa shape index (κ1) is 23.4. The van der Waals surface area contributed by atoms with E-state index in [2.05, 4.69) is 38.2 Å². The molecule has 12 heteroatoms. The minimum Gasteiger partial charge on any atom is -0.494 e. The van der Waals surface area contributed by atoms with E-state index in [1.807, 2.05) is 31.2 Å². The molecule has 0 bridgehead atoms. The molecule has 1 aromatic carbocycles. The number of amides is 1. The Kier molecular flexibility index (Phi) is 7.48. The van der Waals surface area contributed by atoms with Crippen LogP contribution >= 0.6 is 0 Å². The lowest BCUT2D eigenvalue weighted by Crippen LogP contribution is -3.11. The van der Waals surface area contributed by atoms with Gasteiger partial charge in [-0.15, -0.1) is 5.10 Å². The summed E-state index contributed by atoms with van der Waals surface area (Å²) in [6.07, 6.45) is 7.55. The number of hydrazone groups is 1. The van der Waals surface area contributed by atoms with Gasteiger partial charge in [-0.1, -0.05) is 11.6 Å². The smallest absolute Gasteiger partial charge is 0.294 e. The second kappa shape index (κ2) is 10.9. The Bertz CT molecular complexity index is 1120. The first-order valence-corrected chi connectivity index (χ1v) is 11.5. The van der Waals surface area contributed by atoms with Gasteiger partial charge in [0.15, 0.2) is 5.69 Å². The Labute approximate surface area is 197 Å². The molecule has 0 aliphatic heterocycles. The van der Waals surface area contributed by atoms with E-state index in [4.69, 9.17) is 15.1 Å². The Morgan fingerprint density at radius 2 is 2.06 bits per heavy atom. The number of aromatic nitrogens is 5. The summed E-state index contributed by atoms with van der Waals surface area (Å²) in [5.74, 6) is 0.573. The molecule has 0 saturated heterocycles. The standard InChI is InChI=1S/C22H29N9O3/c1-3-33-17-11-9-15(10-12-17)13-24-26-22(32)19-18(14-30(2)16-7-5-4-6-8-16)31(29-25-19)21-20(23)27-34-28-21/h9-13,16H,3-8,14H2,1-2H3,(H2,23,27)(H,26,32)/p+1/b24-13-. The normalized spacial score (nSPS) is 15.5. The van der Waals surface area contributed by atoms with Crippen LogP contribution < -0.4 is 20.8 Å². The lowest BCUT2D eigenvalue weighted by Gasteiger charge is -2.28. The molecule has 1 aliphatic rings. The zero-order chi connectivity index (χ0) is 23.9. The third kappa shape index (κ3) is 5.39. The minimum atomic E-state index is -0.477. The van der Waals surface area contributed by atoms with Crippen LogP contribution in [0.25, 0.3) is 5.82 Å². The summed E-state index contributed by atoms with van der Waals surface area (Å²) in [6.45, 7) is 3.03. The number of nitrogens with zero attached hydrogens (tertiary/aromatic N) is 6. The van der Waals surface area contributed by atoms with Crippen molar-refractivity contribution in [3.8, 4) is 11.6 Å². The fraction of sp³-hybridized carbons (Fsp3) is 0.455. The molecule has 0 radical (unpaired) electrons. The molecule has 2 heterocycles. The molecule has 1 unspecified atom stereocenters. The Morgan fingerprint density at radius 1 is 1.29 bits per heavy atom. The van der Waals surface area contributed by atoms with Crippen molar-refractivity contribution in [2.75, 3.05) is 19.4 Å². The van der Waals surface area contributed by atoms with Gasteiger partial charge in [-0.05, 0) is 72.7 Å². The van der Waals surface area contributed by atoms with E-state index in [1.165, 1.54) is 28.8 Å². The van der Waals surface area contributed by atoms with Gasteiger partial charge in [0.25, 0.3) is 5.91 Å². The van der Waals surface area contributed by atoms with Gasteiger partial charge in [0.1, 0.15) is 18.0 Å². The molecular formula is C22H30N9O3+. The second-order valence-electron chi connectivity index (χ2n) is 8.33. The second-order valence-corrected chi connectivity index (χ2v) is 8.33. The summed E-state index contributed by atoms with van der Waals surface area (Å²) in [7, 11) is 2.11. The third-order valence-electron chi connectivity index (χ3n) is 5.99. The molecule has 1 saturated carbocycles. The van der Waals surface area contributed by atoms with Crippen LogP contribution in [0.1, 0.15) is 60.8 Å². The predicted octanol–water partition coefficient (Wildman–Crippen LogP) is 0.743. The van der Waals surface area contributed by atoms with E-state index in [1.54, 1.807) is 6.21 Å². The van der Waals surface area contributed by atoms with Crippen molar-refractivity contribution < 1.29 is 19.1 Å². The van der Waals surface area contributed by atoms with E-state index in [9.17, 15) is 4.79 Å². The zero-order valence-electron chi connectivity index (χ0n) is 19.4. The number of carbonyl (C=O) groups is 1. The highest BCUT2D eigenvalue weighted by Crippen LogP contribution is 2.18. The summed E-state index contributed by atoms with van der Waals surface area (Å²) in [6, 6.07) is 7.89. The van der Waals surface area contributed by atoms with E-state index in [-0.39, 0.29) is 17.3 Å². The average Bonchev–Trinajstić information content (AvgIpc) is 3.46. The Morgan fingerprint density at radius 3 is 2.74 bits per heavy atom. The topological polar surface area (TPSA) is 151 Å². The van der Waals surface area contributed by atoms with Crippen molar-refractivity contribution in [3.63, 3.8) is 0 Å². The van der Waals surface area contributed by atoms with Crippen molar-refractivity contribution in [2.24, 2.45) is 5.10 Å². The number of quaternary nitrogens is 1. The molecule has 1 aliphatic carbocycles. The molecular weight excluding hydrogens is 438 g/mol. The third-order valence-corrected chi connectivity index (χ3v) is 5.99. The fourth-order valence-electron chi connectivity index (χ4n) is 4.18. The van der Waals surface area contributed by atoms with Crippen molar-refractivity contribution in [1.82, 2.24) is 30.7 Å². The molecule has 1 atom stereocenters. The van der Waals surface area contributed by atoms with Crippen LogP contribution in [-0.2, 0) is 6.54 Å². The quantitative estimate of drug-likeness (QED) is 0.307. The maximum Gasteiger partial charge on any atom is 0.294 e. The van der Waals surface area contributed by atoms with Gasteiger partial charge in [0, 0.05) is 0 Å². The monoisotopic (exact) mass is 468 g/mol. The lowest BCUT2D eigenvalue weighted by molar-refractivity contribution is -0.921. The van der Waals surface area contributed by atoms with Gasteiger partial charge < -0.3 is 15.4 Å². The van der Waals surface area contributed by atoms with Crippen LogP contribution in [0.4, 0.5) is 5.82 Å². The maximum absolute atomic E-state index is 13.0. The number of anilines is 1. The highest BCUT2D eigenvalue weighted by Gasteiger charge is 2.29. The molecule has 34 heavy (non-hydrogen) atoms. The molecule has 1 fully saturated rings. The summed E-state index contributed by atoms with van der Waals surface area (Å²) >= 11 is 0. The van der Waals surface area contributed by atoms with E-state index in [0.717, 1.165) is 24.2 Å². The van der Waals surface area contributed by atoms with Crippen molar-refractivity contribution in [3.05, 3.63) is 41.2 Å². The summed E-state index contributed by atoms with van der Waals surface area (Å²) in [5, 5.41) is 19.7. The predicted molar refractivity (Wildman–Crippen MR) is 124 cm³/mol. The highest BCUT2D eigenvalue weighted by molar-refractivity contribution is 5.94. The Balaban J connectivity index is 1.52. The van der Waals surface area contributed by atoms with Crippen LogP contribution in [0.3, 0.4) is 0 Å². The number of nitrogens with one attached hydrogen (secondary N) is 2. The van der Waals surface area contributed by atoms with Crippen molar-refractivity contribution >= 4 is 17.9 Å². The average molecular weight is 469 g/mol. The van der Waals surface area contributed by atoms with Gasteiger partial charge in [0.2, 0.25) is 11.6 Å². The van der Waals surface area contributed by atoms with Crippen LogP contribution in [0, 0.1) is 0 Å². The molecule has 1 amide bonds. The van der Waals surface area contributed by atoms with Crippen LogP contribution in [0.2, 0.25) is 0 Å². The zero-order valence-corrected chi connectivity index (χ0v) is 19.4. The molecule has 0 spiro atoms. The molecule has 3 aromatic rings. The van der Waals surface area contributed by atoms with Gasteiger partial charge in [-0.3, -0.25) is 4.79 Å². The van der Waals surface area contributed by atoms with Gasteiger partial charge in [0.05, 0.1) is 25.9 Å². The highest BCUT2D eigenvalue weighted by atomic mass is 16.6. The molecule has 4 N–H and O–H groups in total. The molecule has 4 rings (SSSR count). The number of nitrogen functional groups attached to an aromatic ring is 1. The first-order chi connectivity index (χ1) is 16.6.